The molecule has 3 heterocycles. The maximum absolute atomic E-state index is 11.3. The molecule has 4 N–H and O–H groups in total. The van der Waals surface area contributed by atoms with E-state index in [4.69, 9.17) is 15.6 Å². The molecule has 46 heavy (non-hydrogen) atoms. The molecule has 0 spiro atoms. The van der Waals surface area contributed by atoms with E-state index in [-0.39, 0.29) is 24.6 Å². The summed E-state index contributed by atoms with van der Waals surface area (Å²) in [6, 6.07) is 30.4. The number of likely N-dealkylation sites (tertiary alicyclic amines) is 1. The summed E-state index contributed by atoms with van der Waals surface area (Å²) in [7, 11) is 0. The molecule has 2 fully saturated rings. The highest BCUT2D eigenvalue weighted by Gasteiger charge is 2.28. The number of carbonyl (C=O) groups excluding carboxylic acids is 1. The van der Waals surface area contributed by atoms with Crippen LogP contribution < -0.4 is 10.5 Å². The predicted octanol–water partition coefficient (Wildman–Crippen LogP) is 4.24. The Morgan fingerprint density at radius 1 is 0.826 bits per heavy atom. The van der Waals surface area contributed by atoms with Gasteiger partial charge in [-0.1, -0.05) is 66.7 Å². The molecule has 4 aromatic rings. The highest BCUT2D eigenvalue weighted by molar-refractivity contribution is 5.84. The molecule has 6 rings (SSSR count). The number of primary amides is 1. The molecule has 0 aliphatic carbocycles. The van der Waals surface area contributed by atoms with Crippen LogP contribution in [0.3, 0.4) is 0 Å². The second kappa shape index (κ2) is 16.2. The van der Waals surface area contributed by atoms with E-state index >= 15 is 0 Å². The van der Waals surface area contributed by atoms with Crippen molar-refractivity contribution in [2.45, 2.75) is 25.0 Å². The van der Waals surface area contributed by atoms with E-state index in [0.717, 1.165) is 24.0 Å². The van der Waals surface area contributed by atoms with Gasteiger partial charge in [-0.3, -0.25) is 14.7 Å². The normalized spacial score (nSPS) is 16.9. The van der Waals surface area contributed by atoms with Crippen molar-refractivity contribution in [3.63, 3.8) is 0 Å². The second-order valence-electron chi connectivity index (χ2n) is 11.8. The van der Waals surface area contributed by atoms with Crippen molar-refractivity contribution >= 4 is 22.9 Å². The maximum atomic E-state index is 11.3. The number of nitrogens with two attached hydrogens (primary N) is 1. The lowest BCUT2D eigenvalue weighted by Crippen LogP contribution is -2.51. The molecular formula is C36H43N5O5. The van der Waals surface area contributed by atoms with Gasteiger partial charge in [0.15, 0.2) is 0 Å². The largest absolute Gasteiger partial charge is 0.490 e. The number of ether oxygens (including phenoxy) is 1. The van der Waals surface area contributed by atoms with Crippen molar-refractivity contribution < 1.29 is 24.5 Å². The van der Waals surface area contributed by atoms with Gasteiger partial charge in [-0.25, -0.2) is 4.79 Å². The van der Waals surface area contributed by atoms with E-state index in [1.165, 1.54) is 11.1 Å². The molecule has 10 nitrogen and oxygen atoms in total. The molecule has 10 heteroatoms. The first-order valence-corrected chi connectivity index (χ1v) is 15.9. The summed E-state index contributed by atoms with van der Waals surface area (Å²) in [4.78, 5) is 32.8. The lowest BCUT2D eigenvalue weighted by atomic mass is 9.96. The van der Waals surface area contributed by atoms with Gasteiger partial charge >= 0.3 is 12.0 Å². The highest BCUT2D eigenvalue weighted by atomic mass is 16.5. The molecule has 2 saturated heterocycles. The number of aliphatic hydroxyl groups is 1. The number of aliphatic carboxylic acids is 1. The van der Waals surface area contributed by atoms with Gasteiger partial charge in [-0.15, -0.1) is 0 Å². The number of amides is 2. The number of piperidine rings is 1. The average molecular weight is 626 g/mol. The Morgan fingerprint density at radius 3 is 2.04 bits per heavy atom. The van der Waals surface area contributed by atoms with E-state index in [1.54, 1.807) is 11.1 Å². The van der Waals surface area contributed by atoms with Gasteiger partial charge in [0.1, 0.15) is 18.5 Å². The molecule has 1 atom stereocenters. The highest BCUT2D eigenvalue weighted by Crippen LogP contribution is 2.29. The number of aromatic nitrogens is 1. The van der Waals surface area contributed by atoms with Crippen molar-refractivity contribution in [2.24, 2.45) is 11.7 Å². The van der Waals surface area contributed by atoms with Gasteiger partial charge in [0.2, 0.25) is 0 Å². The molecule has 2 amide bonds. The molecule has 0 radical (unpaired) electrons. The van der Waals surface area contributed by atoms with E-state index in [9.17, 15) is 14.7 Å². The number of carbonyl (C=O) groups is 2. The number of benzene rings is 3. The lowest BCUT2D eigenvalue weighted by molar-refractivity contribution is -0.143. The van der Waals surface area contributed by atoms with Crippen LogP contribution in [0.15, 0.2) is 97.2 Å². The summed E-state index contributed by atoms with van der Waals surface area (Å²) in [6.07, 6.45) is 2.40. The van der Waals surface area contributed by atoms with Gasteiger partial charge in [0.05, 0.1) is 17.5 Å². The lowest BCUT2D eigenvalue weighted by Gasteiger charge is -2.39. The number of hydrogen-bond donors (Lipinski definition) is 3. The van der Waals surface area contributed by atoms with Crippen LogP contribution in [-0.4, -0.2) is 100 Å². The third-order valence-corrected chi connectivity index (χ3v) is 8.66. The summed E-state index contributed by atoms with van der Waals surface area (Å²) >= 11 is 0. The van der Waals surface area contributed by atoms with Crippen LogP contribution in [0.5, 0.6) is 5.75 Å². The van der Waals surface area contributed by atoms with Gasteiger partial charge < -0.3 is 30.5 Å². The zero-order chi connectivity index (χ0) is 32.3. The average Bonchev–Trinajstić information content (AvgIpc) is 3.09. The maximum Gasteiger partial charge on any atom is 0.314 e. The smallest absolute Gasteiger partial charge is 0.314 e. The predicted molar refractivity (Wildman–Crippen MR) is 178 cm³/mol. The minimum atomic E-state index is -0.719. The number of rotatable bonds is 9. The van der Waals surface area contributed by atoms with Gasteiger partial charge in [-0.2, -0.15) is 0 Å². The molecule has 0 bridgehead atoms. The van der Waals surface area contributed by atoms with Gasteiger partial charge in [0.25, 0.3) is 0 Å². The van der Waals surface area contributed by atoms with E-state index in [0.29, 0.717) is 51.3 Å². The quantitative estimate of drug-likeness (QED) is 0.252. The zero-order valence-electron chi connectivity index (χ0n) is 26.0. The monoisotopic (exact) mass is 625 g/mol. The molecule has 3 aromatic carbocycles. The molecule has 1 aromatic heterocycles. The summed E-state index contributed by atoms with van der Waals surface area (Å²) < 4.78 is 5.77. The number of aliphatic hydroxyl groups excluding tert-OH is 1. The van der Waals surface area contributed by atoms with Crippen molar-refractivity contribution in [3.05, 3.63) is 108 Å². The summed E-state index contributed by atoms with van der Waals surface area (Å²) in [5.41, 5.74) is 8.80. The number of carboxylic acids is 1. The standard InChI is InChI=1S/C18H21N3O.C18H22N2O4/c19-18(22)21-13-11-20(12-14-21)17(15-7-3-1-4-8-15)16-9-5-2-6-10-16;21-14(11-20-9-6-13(7-10-20)18(22)23)12-24-17-5-1-4-16-15(17)3-2-8-19-16/h1-10,17H,11-14H2,(H2,19,22);1-5,8,13-14,21H,6-7,9-12H2,(H,22,23)/t;14-/m.1/s1. The van der Waals surface area contributed by atoms with Crippen LogP contribution in [0.25, 0.3) is 10.9 Å². The number of pyridine rings is 1. The zero-order valence-corrected chi connectivity index (χ0v) is 26.0. The molecule has 2 aliphatic heterocycles. The Bertz CT molecular complexity index is 1500. The third kappa shape index (κ3) is 8.81. The first-order chi connectivity index (χ1) is 22.4. The number of urea groups is 1. The molecule has 242 valence electrons. The number of hydrogen-bond acceptors (Lipinski definition) is 7. The Kier molecular flexibility index (Phi) is 11.6. The Balaban J connectivity index is 0.000000182. The van der Waals surface area contributed by atoms with Crippen LogP contribution in [0.2, 0.25) is 0 Å². The van der Waals surface area contributed by atoms with Crippen LogP contribution in [-0.2, 0) is 4.79 Å². The van der Waals surface area contributed by atoms with E-state index in [2.05, 4.69) is 63.3 Å². The van der Waals surface area contributed by atoms with Gasteiger partial charge in [-0.05, 0) is 61.3 Å². The van der Waals surface area contributed by atoms with Crippen molar-refractivity contribution in [1.29, 1.82) is 0 Å². The number of β-amino-alcohol motifs (C(OH)–C–C–N with tert-alkyl or cyclic N) is 1. The Morgan fingerprint density at radius 2 is 1.46 bits per heavy atom. The van der Waals surface area contributed by atoms with E-state index < -0.39 is 12.1 Å². The Hall–Kier alpha value is -4.51. The Labute approximate surface area is 270 Å². The van der Waals surface area contributed by atoms with Crippen molar-refractivity contribution in [2.75, 3.05) is 52.4 Å². The van der Waals surface area contributed by atoms with Gasteiger partial charge in [0, 0.05) is 44.3 Å². The fraction of sp³-hybridized carbons (Fsp3) is 0.361. The minimum Gasteiger partial charge on any atom is -0.490 e. The van der Waals surface area contributed by atoms with Crippen LogP contribution >= 0.6 is 0 Å². The van der Waals surface area contributed by atoms with Crippen LogP contribution in [0.1, 0.15) is 30.0 Å². The number of nitrogens with zero attached hydrogens (tertiary/aromatic N) is 4. The first kappa shape index (κ1) is 32.9. The van der Waals surface area contributed by atoms with Crippen LogP contribution in [0, 0.1) is 5.92 Å². The number of piperazine rings is 1. The minimum absolute atomic E-state index is 0.201. The van der Waals surface area contributed by atoms with Crippen molar-refractivity contribution in [1.82, 2.24) is 19.7 Å². The summed E-state index contributed by atoms with van der Waals surface area (Å²) in [5.74, 6) is -0.259. The van der Waals surface area contributed by atoms with Crippen molar-refractivity contribution in [3.8, 4) is 5.75 Å². The second-order valence-corrected chi connectivity index (χ2v) is 11.8. The summed E-state index contributed by atoms with van der Waals surface area (Å²) in [6.45, 7) is 5.13. The number of carboxylic acid groups (broad SMARTS) is 1. The van der Waals surface area contributed by atoms with E-state index in [1.807, 2.05) is 42.5 Å². The fourth-order valence-electron chi connectivity index (χ4n) is 6.19. The van der Waals surface area contributed by atoms with Crippen LogP contribution in [0.4, 0.5) is 4.79 Å². The molecule has 2 aliphatic rings. The number of fused-ring (bicyclic) bond motifs is 1. The fourth-order valence-corrected chi connectivity index (χ4v) is 6.19. The molecule has 0 saturated carbocycles. The SMILES string of the molecule is NC(=O)N1CCN(C(c2ccccc2)c2ccccc2)CC1.O=C(O)C1CCN(C[C@@H](O)COc2cccc3ncccc23)CC1. The summed E-state index contributed by atoms with van der Waals surface area (Å²) in [5, 5.41) is 20.1. The third-order valence-electron chi connectivity index (χ3n) is 8.66. The topological polar surface area (TPSA) is 132 Å². The molecular weight excluding hydrogens is 582 g/mol. The molecule has 0 unspecified atom stereocenters. The first-order valence-electron chi connectivity index (χ1n) is 15.9.